The van der Waals surface area contributed by atoms with Gasteiger partial charge in [0.25, 0.3) is 0 Å². The summed E-state index contributed by atoms with van der Waals surface area (Å²) in [6.07, 6.45) is 3.80. The average Bonchev–Trinajstić information content (AvgIpc) is 2.61. The summed E-state index contributed by atoms with van der Waals surface area (Å²) in [5, 5.41) is 0. The molecule has 0 bridgehead atoms. The molecular weight excluding hydrogens is 290 g/mol. The van der Waals surface area contributed by atoms with E-state index in [0.29, 0.717) is 6.61 Å². The Balaban J connectivity index is 1.65. The monoisotopic (exact) mass is 311 g/mol. The van der Waals surface area contributed by atoms with Crippen LogP contribution in [0.5, 0.6) is 5.75 Å². The van der Waals surface area contributed by atoms with Gasteiger partial charge in [-0.05, 0) is 37.0 Å². The van der Waals surface area contributed by atoms with Gasteiger partial charge in [0.2, 0.25) is 0 Å². The highest BCUT2D eigenvalue weighted by Gasteiger charge is 2.15. The smallest absolute Gasteiger partial charge is 0.120 e. The maximum Gasteiger partial charge on any atom is 0.120 e. The number of ether oxygens (including phenoxy) is 1. The topological polar surface area (TPSA) is 12.5 Å². The highest BCUT2D eigenvalue weighted by Crippen LogP contribution is 2.19. The van der Waals surface area contributed by atoms with Crippen molar-refractivity contribution < 1.29 is 4.74 Å². The summed E-state index contributed by atoms with van der Waals surface area (Å²) in [5.74, 6) is 0.876. The van der Waals surface area contributed by atoms with E-state index < -0.39 is 0 Å². The molecule has 1 saturated heterocycles. The number of rotatable bonds is 4. The van der Waals surface area contributed by atoms with Crippen LogP contribution in [0.2, 0.25) is 0 Å². The fraction of sp³-hybridized carbons (Fsp3) is 0.316. The van der Waals surface area contributed by atoms with Crippen LogP contribution >= 0.6 is 12.2 Å². The van der Waals surface area contributed by atoms with Gasteiger partial charge in [0.15, 0.2) is 0 Å². The van der Waals surface area contributed by atoms with Gasteiger partial charge in [-0.2, -0.15) is 0 Å². The van der Waals surface area contributed by atoms with Gasteiger partial charge in [0, 0.05) is 18.7 Å². The number of likely N-dealkylation sites (tertiary alicyclic amines) is 1. The van der Waals surface area contributed by atoms with Crippen molar-refractivity contribution >= 4 is 17.2 Å². The Morgan fingerprint density at radius 3 is 2.50 bits per heavy atom. The first-order valence-corrected chi connectivity index (χ1v) is 8.30. The first-order chi connectivity index (χ1) is 10.8. The Bertz CT molecular complexity index is 620. The van der Waals surface area contributed by atoms with E-state index in [4.69, 9.17) is 17.0 Å². The van der Waals surface area contributed by atoms with Crippen LogP contribution in [0.15, 0.2) is 54.6 Å². The molecule has 0 radical (unpaired) electrons. The van der Waals surface area contributed by atoms with Crippen molar-refractivity contribution in [3.63, 3.8) is 0 Å². The van der Waals surface area contributed by atoms with Crippen molar-refractivity contribution in [3.8, 4) is 5.75 Å². The van der Waals surface area contributed by atoms with Crippen LogP contribution < -0.4 is 4.74 Å². The lowest BCUT2D eigenvalue weighted by Gasteiger charge is -2.29. The predicted molar refractivity (Wildman–Crippen MR) is 94.3 cm³/mol. The number of benzene rings is 2. The Hall–Kier alpha value is -1.87. The Morgan fingerprint density at radius 1 is 0.955 bits per heavy atom. The third-order valence-corrected chi connectivity index (χ3v) is 4.47. The van der Waals surface area contributed by atoms with Gasteiger partial charge in [0.1, 0.15) is 17.3 Å². The Morgan fingerprint density at radius 2 is 1.73 bits per heavy atom. The van der Waals surface area contributed by atoms with Crippen molar-refractivity contribution in [2.75, 3.05) is 13.1 Å². The molecule has 2 nitrogen and oxygen atoms in total. The van der Waals surface area contributed by atoms with Crippen LogP contribution in [0, 0.1) is 0 Å². The summed E-state index contributed by atoms with van der Waals surface area (Å²) in [6.45, 7) is 2.74. The van der Waals surface area contributed by atoms with Crippen LogP contribution in [0.1, 0.15) is 30.4 Å². The Labute approximate surface area is 137 Å². The number of piperidine rings is 1. The second-order valence-corrected chi connectivity index (χ2v) is 6.04. The van der Waals surface area contributed by atoms with Crippen LogP contribution in [-0.4, -0.2) is 23.0 Å². The number of nitrogens with zero attached hydrogens (tertiary/aromatic N) is 1. The van der Waals surface area contributed by atoms with Crippen LogP contribution in [0.4, 0.5) is 0 Å². The fourth-order valence-electron chi connectivity index (χ4n) is 2.74. The maximum absolute atomic E-state index is 5.89. The lowest BCUT2D eigenvalue weighted by molar-refractivity contribution is 0.306. The van der Waals surface area contributed by atoms with E-state index in [0.717, 1.165) is 29.4 Å². The van der Waals surface area contributed by atoms with Gasteiger partial charge in [-0.15, -0.1) is 0 Å². The molecule has 3 rings (SSSR count). The zero-order chi connectivity index (χ0) is 15.2. The molecule has 0 atom stereocenters. The average molecular weight is 311 g/mol. The molecule has 3 heteroatoms. The van der Waals surface area contributed by atoms with E-state index in [1.807, 2.05) is 30.3 Å². The third-order valence-electron chi connectivity index (χ3n) is 3.97. The second kappa shape index (κ2) is 7.41. The van der Waals surface area contributed by atoms with E-state index >= 15 is 0 Å². The molecule has 0 aliphatic carbocycles. The van der Waals surface area contributed by atoms with Crippen LogP contribution in [0.25, 0.3) is 0 Å². The highest BCUT2D eigenvalue weighted by atomic mass is 32.1. The lowest BCUT2D eigenvalue weighted by Crippen LogP contribution is -2.34. The molecule has 0 unspecified atom stereocenters. The summed E-state index contributed by atoms with van der Waals surface area (Å²) in [4.78, 5) is 3.26. The summed E-state index contributed by atoms with van der Waals surface area (Å²) in [7, 11) is 0. The third kappa shape index (κ3) is 3.86. The van der Waals surface area contributed by atoms with E-state index in [1.54, 1.807) is 0 Å². The molecule has 2 aromatic rings. The molecule has 1 aliphatic heterocycles. The first kappa shape index (κ1) is 15.0. The minimum absolute atomic E-state index is 0.584. The van der Waals surface area contributed by atoms with Crippen molar-refractivity contribution in [1.29, 1.82) is 0 Å². The summed E-state index contributed by atoms with van der Waals surface area (Å²) in [6, 6.07) is 18.4. The quantitative estimate of drug-likeness (QED) is 0.775. The van der Waals surface area contributed by atoms with Gasteiger partial charge >= 0.3 is 0 Å². The van der Waals surface area contributed by atoms with Crippen molar-refractivity contribution in [1.82, 2.24) is 4.90 Å². The minimum Gasteiger partial charge on any atom is -0.489 e. The predicted octanol–water partition coefficient (Wildman–Crippen LogP) is 4.43. The molecule has 0 amide bonds. The van der Waals surface area contributed by atoms with Gasteiger partial charge in [-0.1, -0.05) is 54.7 Å². The SMILES string of the molecule is S=C(c1cccc(OCc2ccccc2)c1)N1CCCCC1. The lowest BCUT2D eigenvalue weighted by atomic mass is 10.1. The summed E-state index contributed by atoms with van der Waals surface area (Å²) >= 11 is 5.65. The van der Waals surface area contributed by atoms with Crippen LogP contribution in [-0.2, 0) is 6.61 Å². The minimum atomic E-state index is 0.584. The van der Waals surface area contributed by atoms with E-state index in [1.165, 1.54) is 24.8 Å². The maximum atomic E-state index is 5.89. The molecule has 114 valence electrons. The van der Waals surface area contributed by atoms with E-state index in [-0.39, 0.29) is 0 Å². The van der Waals surface area contributed by atoms with E-state index in [9.17, 15) is 0 Å². The second-order valence-electron chi connectivity index (χ2n) is 5.65. The largest absolute Gasteiger partial charge is 0.489 e. The number of hydrogen-bond acceptors (Lipinski definition) is 2. The van der Waals surface area contributed by atoms with Gasteiger partial charge in [0.05, 0.1) is 0 Å². The van der Waals surface area contributed by atoms with Crippen LogP contribution in [0.3, 0.4) is 0 Å². The van der Waals surface area contributed by atoms with Gasteiger partial charge in [-0.25, -0.2) is 0 Å². The summed E-state index contributed by atoms with van der Waals surface area (Å²) in [5.41, 5.74) is 2.26. The van der Waals surface area contributed by atoms with E-state index in [2.05, 4.69) is 29.2 Å². The van der Waals surface area contributed by atoms with Gasteiger partial charge in [-0.3, -0.25) is 0 Å². The molecule has 1 aliphatic rings. The standard InChI is InChI=1S/C19H21NOS/c22-19(20-12-5-2-6-13-20)17-10-7-11-18(14-17)21-15-16-8-3-1-4-9-16/h1,3-4,7-11,14H,2,5-6,12-13,15H2. The molecule has 1 heterocycles. The molecule has 2 aromatic carbocycles. The molecule has 0 aromatic heterocycles. The van der Waals surface area contributed by atoms with Crippen molar-refractivity contribution in [2.24, 2.45) is 0 Å². The molecule has 0 saturated carbocycles. The zero-order valence-corrected chi connectivity index (χ0v) is 13.5. The number of hydrogen-bond donors (Lipinski definition) is 0. The van der Waals surface area contributed by atoms with Gasteiger partial charge < -0.3 is 9.64 Å². The van der Waals surface area contributed by atoms with Crippen molar-refractivity contribution in [2.45, 2.75) is 25.9 Å². The first-order valence-electron chi connectivity index (χ1n) is 7.89. The molecular formula is C19H21NOS. The zero-order valence-electron chi connectivity index (χ0n) is 12.7. The number of thiocarbonyl (C=S) groups is 1. The Kier molecular flexibility index (Phi) is 5.07. The molecule has 1 fully saturated rings. The highest BCUT2D eigenvalue weighted by molar-refractivity contribution is 7.80. The summed E-state index contributed by atoms with van der Waals surface area (Å²) < 4.78 is 5.89. The molecule has 0 spiro atoms. The fourth-order valence-corrected chi connectivity index (χ4v) is 3.05. The normalized spacial score (nSPS) is 14.6. The molecule has 22 heavy (non-hydrogen) atoms. The molecule has 0 N–H and O–H groups in total. The van der Waals surface area contributed by atoms with Crippen molar-refractivity contribution in [3.05, 3.63) is 65.7 Å².